The first kappa shape index (κ1) is 24.7. The number of phenolic OH excluding ortho intramolecular Hbond substituents is 3. The summed E-state index contributed by atoms with van der Waals surface area (Å²) in [4.78, 5) is 41.9. The third kappa shape index (κ3) is 2.73. The summed E-state index contributed by atoms with van der Waals surface area (Å²) in [5.74, 6) is -4.31. The molecule has 0 bridgehead atoms. The first-order chi connectivity index (χ1) is 18.9. The van der Waals surface area contributed by atoms with E-state index in [0.717, 1.165) is 0 Å². The molecule has 0 amide bonds. The van der Waals surface area contributed by atoms with E-state index in [-0.39, 0.29) is 81.1 Å². The molecule has 7 rings (SSSR count). The van der Waals surface area contributed by atoms with Crippen molar-refractivity contribution in [3.05, 3.63) is 63.2 Å². The zero-order valence-electron chi connectivity index (χ0n) is 22.5. The predicted octanol–water partition coefficient (Wildman–Crippen LogP) is 5.40. The van der Waals surface area contributed by atoms with Gasteiger partial charge >= 0.3 is 0 Å². The van der Waals surface area contributed by atoms with Crippen molar-refractivity contribution in [2.75, 3.05) is 0 Å². The molecule has 1 unspecified atom stereocenters. The molecular weight excluding hydrogens is 512 g/mol. The van der Waals surface area contributed by atoms with Gasteiger partial charge in [0.2, 0.25) is 11.4 Å². The van der Waals surface area contributed by atoms with Gasteiger partial charge < -0.3 is 25.2 Å². The fourth-order valence-electron chi connectivity index (χ4n) is 8.08. The van der Waals surface area contributed by atoms with Gasteiger partial charge in [0, 0.05) is 35.3 Å². The van der Waals surface area contributed by atoms with E-state index < -0.39 is 34.8 Å². The second-order valence-corrected chi connectivity index (χ2v) is 12.0. The number of aromatic hydroxyl groups is 3. The molecule has 4 N–H and O–H groups in total. The van der Waals surface area contributed by atoms with Crippen LogP contribution in [0.4, 0.5) is 0 Å². The van der Waals surface area contributed by atoms with E-state index in [1.54, 1.807) is 26.0 Å². The average molecular weight is 541 g/mol. The summed E-state index contributed by atoms with van der Waals surface area (Å²) in [7, 11) is 0. The molecule has 0 saturated heterocycles. The number of hydrogen-bond donors (Lipinski definition) is 4. The van der Waals surface area contributed by atoms with Crippen LogP contribution in [0.3, 0.4) is 0 Å². The molecule has 8 nitrogen and oxygen atoms in total. The molecule has 1 aliphatic heterocycles. The van der Waals surface area contributed by atoms with Crippen molar-refractivity contribution in [1.82, 2.24) is 0 Å². The lowest BCUT2D eigenvalue weighted by molar-refractivity contribution is -0.125. The van der Waals surface area contributed by atoms with Gasteiger partial charge in [0.15, 0.2) is 11.6 Å². The van der Waals surface area contributed by atoms with Crippen LogP contribution in [0, 0.1) is 31.6 Å². The molecule has 1 spiro atoms. The Labute approximate surface area is 229 Å². The van der Waals surface area contributed by atoms with Crippen LogP contribution in [-0.4, -0.2) is 43.4 Å². The number of carbonyl (C=O) groups excluding carboxylic acids is 3. The summed E-state index contributed by atoms with van der Waals surface area (Å²) in [6, 6.07) is 6.17. The number of aryl methyl sites for hydroxylation is 2. The lowest BCUT2D eigenvalue weighted by Gasteiger charge is -2.56. The smallest absolute Gasteiger partial charge is 0.212 e. The van der Waals surface area contributed by atoms with E-state index in [0.29, 0.717) is 22.1 Å². The van der Waals surface area contributed by atoms with Gasteiger partial charge in [-0.25, -0.2) is 0 Å². The maximum Gasteiger partial charge on any atom is 0.212 e. The number of benzene rings is 3. The molecule has 204 valence electrons. The van der Waals surface area contributed by atoms with Crippen molar-refractivity contribution in [2.45, 2.75) is 52.1 Å². The van der Waals surface area contributed by atoms with E-state index in [2.05, 4.69) is 0 Å². The topological polar surface area (TPSA) is 141 Å². The molecule has 1 heterocycles. The minimum absolute atomic E-state index is 0.0259. The number of ketones is 3. The largest absolute Gasteiger partial charge is 0.507 e. The molecule has 1 fully saturated rings. The van der Waals surface area contributed by atoms with Gasteiger partial charge in [-0.15, -0.1) is 0 Å². The van der Waals surface area contributed by atoms with Crippen LogP contribution in [0.15, 0.2) is 29.8 Å². The summed E-state index contributed by atoms with van der Waals surface area (Å²) >= 11 is 0. The lowest BCUT2D eigenvalue weighted by atomic mass is 9.51. The van der Waals surface area contributed by atoms with Crippen LogP contribution in [0.5, 0.6) is 23.0 Å². The van der Waals surface area contributed by atoms with Gasteiger partial charge in [-0.2, -0.15) is 0 Å². The Balaban J connectivity index is 1.67. The Bertz CT molecular complexity index is 1800. The van der Waals surface area contributed by atoms with Gasteiger partial charge in [0.1, 0.15) is 28.8 Å². The molecule has 3 aromatic carbocycles. The molecule has 8 heteroatoms. The number of aliphatic hydroxyl groups excluding tert-OH is 1. The molecular formula is C32H28O8. The fraction of sp³-hybridized carbons (Fsp3) is 0.344. The number of Topliss-reactive ketones (excluding diaryl/α,β-unsaturated/α-hetero) is 3. The van der Waals surface area contributed by atoms with Gasteiger partial charge in [0.05, 0.1) is 22.1 Å². The Hall–Kier alpha value is -4.33. The highest BCUT2D eigenvalue weighted by molar-refractivity contribution is 6.22. The quantitative estimate of drug-likeness (QED) is 0.297. The third-order valence-electron chi connectivity index (χ3n) is 9.43. The molecule has 0 aromatic heterocycles. The first-order valence-electron chi connectivity index (χ1n) is 13.5. The first-order valence-corrected chi connectivity index (χ1v) is 13.5. The summed E-state index contributed by atoms with van der Waals surface area (Å²) in [5, 5.41) is 44.9. The average Bonchev–Trinajstić information content (AvgIpc) is 2.85. The second-order valence-electron chi connectivity index (χ2n) is 12.0. The van der Waals surface area contributed by atoms with Crippen LogP contribution < -0.4 is 4.74 Å². The highest BCUT2D eigenvalue weighted by Gasteiger charge is 2.68. The minimum Gasteiger partial charge on any atom is -0.507 e. The summed E-state index contributed by atoms with van der Waals surface area (Å²) in [6.07, 6.45) is 0.122. The standard InChI is InChI=1S/C32H28O8/c1-11-5-15-22(17(33)7-11)28(37)24-19(35)9-13(3)21-25(24)30(15)40-32-26(21)14(4)10-20(36)27(32)29(38)23-16(31(32)39)6-12(2)8-18(23)34/h5-8,13-14,21,26,33-34,37-38H,9-10H2,1-4H3/t13-,14-,21+,26-,32?/m0/s1. The number of hydrogen-bond acceptors (Lipinski definition) is 8. The number of fused-ring (bicyclic) bond motifs is 4. The van der Waals surface area contributed by atoms with Gasteiger partial charge in [0.25, 0.3) is 0 Å². The van der Waals surface area contributed by atoms with E-state index >= 15 is 0 Å². The van der Waals surface area contributed by atoms with Crippen molar-refractivity contribution in [1.29, 1.82) is 0 Å². The van der Waals surface area contributed by atoms with Crippen molar-refractivity contribution >= 4 is 33.9 Å². The van der Waals surface area contributed by atoms with Crippen LogP contribution in [0.1, 0.15) is 75.6 Å². The van der Waals surface area contributed by atoms with Gasteiger partial charge in [-0.1, -0.05) is 13.8 Å². The Kier molecular flexibility index (Phi) is 4.72. The number of rotatable bonds is 0. The van der Waals surface area contributed by atoms with E-state index in [1.165, 1.54) is 12.1 Å². The SMILES string of the molecule is Cc1cc(O)c2c(c1)C(=O)C13Oc4c5c(c(O)c6c(O)cc(C)cc46)C(=O)C[C@H](C)[C@H]5[C@@H]1[C@@H](C)CC(=O)C3=C2O. The van der Waals surface area contributed by atoms with E-state index in [9.17, 15) is 34.8 Å². The third-order valence-corrected chi connectivity index (χ3v) is 9.43. The summed E-state index contributed by atoms with van der Waals surface area (Å²) < 4.78 is 6.76. The summed E-state index contributed by atoms with van der Waals surface area (Å²) in [5.41, 5.74) is -0.380. The van der Waals surface area contributed by atoms with Crippen LogP contribution in [0.25, 0.3) is 16.5 Å². The molecule has 3 aromatic rings. The maximum atomic E-state index is 14.7. The maximum absolute atomic E-state index is 14.7. The molecule has 1 saturated carbocycles. The highest BCUT2D eigenvalue weighted by Crippen LogP contribution is 2.65. The molecule has 0 radical (unpaired) electrons. The van der Waals surface area contributed by atoms with Crippen LogP contribution in [-0.2, 0) is 4.79 Å². The van der Waals surface area contributed by atoms with Crippen molar-refractivity contribution in [3.8, 4) is 23.0 Å². The van der Waals surface area contributed by atoms with Gasteiger partial charge in [-0.05, 0) is 67.0 Å². The van der Waals surface area contributed by atoms with Gasteiger partial charge in [-0.3, -0.25) is 14.4 Å². The second kappa shape index (κ2) is 7.65. The number of carbonyl (C=O) groups is 3. The van der Waals surface area contributed by atoms with Crippen molar-refractivity contribution in [3.63, 3.8) is 0 Å². The predicted molar refractivity (Wildman–Crippen MR) is 145 cm³/mol. The number of aliphatic hydroxyl groups is 1. The molecule has 4 aliphatic rings. The normalized spacial score (nSPS) is 28.6. The van der Waals surface area contributed by atoms with Crippen LogP contribution in [0.2, 0.25) is 0 Å². The molecule has 40 heavy (non-hydrogen) atoms. The Morgan fingerprint density at radius 3 is 2.20 bits per heavy atom. The number of phenols is 3. The zero-order valence-corrected chi connectivity index (χ0v) is 22.5. The lowest BCUT2D eigenvalue weighted by Crippen LogP contribution is -2.65. The van der Waals surface area contributed by atoms with E-state index in [1.807, 2.05) is 13.8 Å². The van der Waals surface area contributed by atoms with Crippen molar-refractivity contribution < 1.29 is 39.5 Å². The molecule has 5 atom stereocenters. The monoisotopic (exact) mass is 540 g/mol. The van der Waals surface area contributed by atoms with Crippen molar-refractivity contribution in [2.24, 2.45) is 17.8 Å². The summed E-state index contributed by atoms with van der Waals surface area (Å²) in [6.45, 7) is 7.25. The highest BCUT2D eigenvalue weighted by atomic mass is 16.5. The fourth-order valence-corrected chi connectivity index (χ4v) is 8.08. The molecule has 3 aliphatic carbocycles. The zero-order chi connectivity index (χ0) is 28.6. The van der Waals surface area contributed by atoms with E-state index in [4.69, 9.17) is 4.74 Å². The van der Waals surface area contributed by atoms with Crippen LogP contribution >= 0.6 is 0 Å². The minimum atomic E-state index is -1.93. The Morgan fingerprint density at radius 2 is 1.48 bits per heavy atom. The number of ether oxygens (including phenoxy) is 1. The Morgan fingerprint density at radius 1 is 0.825 bits per heavy atom.